The molecule has 112 valence electrons. The van der Waals surface area contributed by atoms with Crippen LogP contribution in [0.2, 0.25) is 0 Å². The maximum absolute atomic E-state index is 11.8. The van der Waals surface area contributed by atoms with Gasteiger partial charge in [0.05, 0.1) is 5.69 Å². The van der Waals surface area contributed by atoms with Crippen LogP contribution >= 0.6 is 0 Å². The van der Waals surface area contributed by atoms with E-state index in [4.69, 9.17) is 10.5 Å². The van der Waals surface area contributed by atoms with Gasteiger partial charge in [-0.05, 0) is 51.3 Å². The third-order valence-corrected chi connectivity index (χ3v) is 2.83. The molecule has 0 saturated heterocycles. The van der Waals surface area contributed by atoms with Crippen molar-refractivity contribution in [2.45, 2.75) is 45.6 Å². The second-order valence-corrected chi connectivity index (χ2v) is 5.85. The molecule has 0 aromatic heterocycles. The van der Waals surface area contributed by atoms with Crippen LogP contribution in [0, 0.1) is 0 Å². The Labute approximate surface area is 120 Å². The molecule has 0 saturated carbocycles. The molecule has 1 aromatic carbocycles. The molecule has 0 spiro atoms. The number of aromatic hydroxyl groups is 1. The van der Waals surface area contributed by atoms with Crippen molar-refractivity contribution in [2.75, 3.05) is 11.9 Å². The molecular formula is C15H24N2O3. The lowest BCUT2D eigenvalue weighted by Gasteiger charge is -2.22. The number of anilines is 1. The first kappa shape index (κ1) is 16.3. The van der Waals surface area contributed by atoms with E-state index in [1.54, 1.807) is 26.8 Å². The summed E-state index contributed by atoms with van der Waals surface area (Å²) in [5, 5.41) is 12.6. The van der Waals surface area contributed by atoms with E-state index < -0.39 is 11.7 Å². The minimum absolute atomic E-state index is 0.0252. The second kappa shape index (κ2) is 6.61. The first-order chi connectivity index (χ1) is 9.24. The SMILES string of the molecule is CC(CCN)c1cccc(O)c1NC(=O)OC(C)(C)C. The summed E-state index contributed by atoms with van der Waals surface area (Å²) in [7, 11) is 0. The molecule has 0 radical (unpaired) electrons. The summed E-state index contributed by atoms with van der Waals surface area (Å²) in [6.45, 7) is 7.91. The molecule has 0 fully saturated rings. The highest BCUT2D eigenvalue weighted by Crippen LogP contribution is 2.34. The zero-order valence-corrected chi connectivity index (χ0v) is 12.6. The summed E-state index contributed by atoms with van der Waals surface area (Å²) < 4.78 is 5.21. The van der Waals surface area contributed by atoms with Gasteiger partial charge in [0.2, 0.25) is 0 Å². The van der Waals surface area contributed by atoms with E-state index in [0.717, 1.165) is 12.0 Å². The molecule has 0 aliphatic carbocycles. The quantitative estimate of drug-likeness (QED) is 0.739. The molecule has 1 amide bonds. The second-order valence-electron chi connectivity index (χ2n) is 5.85. The third-order valence-electron chi connectivity index (χ3n) is 2.83. The fraction of sp³-hybridized carbons (Fsp3) is 0.533. The number of nitrogens with two attached hydrogens (primary N) is 1. The van der Waals surface area contributed by atoms with Crippen LogP contribution < -0.4 is 11.1 Å². The molecule has 1 atom stereocenters. The fourth-order valence-electron chi connectivity index (χ4n) is 1.92. The molecule has 0 aliphatic rings. The first-order valence-electron chi connectivity index (χ1n) is 6.76. The van der Waals surface area contributed by atoms with E-state index in [1.807, 2.05) is 13.0 Å². The highest BCUT2D eigenvalue weighted by atomic mass is 16.6. The summed E-state index contributed by atoms with van der Waals surface area (Å²) in [6, 6.07) is 5.15. The molecule has 0 bridgehead atoms. The Morgan fingerprint density at radius 2 is 2.10 bits per heavy atom. The van der Waals surface area contributed by atoms with E-state index in [9.17, 15) is 9.90 Å². The summed E-state index contributed by atoms with van der Waals surface area (Å²) in [5.41, 5.74) is 6.22. The van der Waals surface area contributed by atoms with Crippen LogP contribution in [0.15, 0.2) is 18.2 Å². The molecule has 1 unspecified atom stereocenters. The third kappa shape index (κ3) is 4.74. The summed E-state index contributed by atoms with van der Waals surface area (Å²) in [5.74, 6) is 0.161. The predicted octanol–water partition coefficient (Wildman–Crippen LogP) is 3.19. The van der Waals surface area contributed by atoms with Gasteiger partial charge in [-0.25, -0.2) is 4.79 Å². The van der Waals surface area contributed by atoms with Crippen molar-refractivity contribution in [1.82, 2.24) is 0 Å². The number of para-hydroxylation sites is 1. The van der Waals surface area contributed by atoms with Crippen molar-refractivity contribution in [3.63, 3.8) is 0 Å². The zero-order chi connectivity index (χ0) is 15.3. The van der Waals surface area contributed by atoms with Gasteiger partial charge < -0.3 is 15.6 Å². The average Bonchev–Trinajstić information content (AvgIpc) is 2.29. The Bertz CT molecular complexity index is 467. The van der Waals surface area contributed by atoms with Gasteiger partial charge in [0, 0.05) is 0 Å². The van der Waals surface area contributed by atoms with E-state index in [0.29, 0.717) is 12.2 Å². The van der Waals surface area contributed by atoms with Crippen molar-refractivity contribution in [3.8, 4) is 5.75 Å². The van der Waals surface area contributed by atoms with Crippen molar-refractivity contribution in [3.05, 3.63) is 23.8 Å². The number of rotatable bonds is 4. The van der Waals surface area contributed by atoms with Gasteiger partial charge in [-0.1, -0.05) is 19.1 Å². The van der Waals surface area contributed by atoms with Gasteiger partial charge in [0.25, 0.3) is 0 Å². The Morgan fingerprint density at radius 3 is 2.65 bits per heavy atom. The van der Waals surface area contributed by atoms with Crippen LogP contribution in [0.3, 0.4) is 0 Å². The largest absolute Gasteiger partial charge is 0.506 e. The van der Waals surface area contributed by atoms with E-state index >= 15 is 0 Å². The van der Waals surface area contributed by atoms with E-state index in [-0.39, 0.29) is 11.7 Å². The zero-order valence-electron chi connectivity index (χ0n) is 12.6. The molecule has 0 aliphatic heterocycles. The highest BCUT2D eigenvalue weighted by molar-refractivity contribution is 5.88. The number of hydrogen-bond acceptors (Lipinski definition) is 4. The average molecular weight is 280 g/mol. The molecule has 0 heterocycles. The van der Waals surface area contributed by atoms with Gasteiger partial charge in [0.15, 0.2) is 0 Å². The maximum atomic E-state index is 11.8. The number of phenols is 1. The molecule has 1 rings (SSSR count). The highest BCUT2D eigenvalue weighted by Gasteiger charge is 2.20. The van der Waals surface area contributed by atoms with Crippen molar-refractivity contribution < 1.29 is 14.6 Å². The van der Waals surface area contributed by atoms with Crippen molar-refractivity contribution >= 4 is 11.8 Å². The minimum Gasteiger partial charge on any atom is -0.506 e. The molecular weight excluding hydrogens is 256 g/mol. The number of hydrogen-bond donors (Lipinski definition) is 3. The topological polar surface area (TPSA) is 84.6 Å². The summed E-state index contributed by atoms with van der Waals surface area (Å²) >= 11 is 0. The molecule has 20 heavy (non-hydrogen) atoms. The summed E-state index contributed by atoms with van der Waals surface area (Å²) in [6.07, 6.45) is 0.187. The summed E-state index contributed by atoms with van der Waals surface area (Å²) in [4.78, 5) is 11.8. The molecule has 1 aromatic rings. The Balaban J connectivity index is 2.96. The van der Waals surface area contributed by atoms with Crippen LogP contribution in [-0.4, -0.2) is 23.3 Å². The Morgan fingerprint density at radius 1 is 1.45 bits per heavy atom. The van der Waals surface area contributed by atoms with Crippen LogP contribution in [0.5, 0.6) is 5.75 Å². The number of carbonyl (C=O) groups is 1. The first-order valence-corrected chi connectivity index (χ1v) is 6.76. The van der Waals surface area contributed by atoms with Crippen molar-refractivity contribution in [1.29, 1.82) is 0 Å². The Kier molecular flexibility index (Phi) is 5.39. The minimum atomic E-state index is -0.586. The number of phenolic OH excluding ortho intramolecular Hbond substituents is 1. The number of ether oxygens (including phenoxy) is 1. The van der Waals surface area contributed by atoms with E-state index in [2.05, 4.69) is 5.32 Å². The molecule has 5 heteroatoms. The molecule has 5 nitrogen and oxygen atoms in total. The van der Waals surface area contributed by atoms with Gasteiger partial charge in [-0.3, -0.25) is 5.32 Å². The lowest BCUT2D eigenvalue weighted by molar-refractivity contribution is 0.0635. The smallest absolute Gasteiger partial charge is 0.412 e. The number of amides is 1. The van der Waals surface area contributed by atoms with Crippen LogP contribution in [-0.2, 0) is 4.74 Å². The Hall–Kier alpha value is -1.75. The number of benzene rings is 1. The fourth-order valence-corrected chi connectivity index (χ4v) is 1.92. The normalized spacial score (nSPS) is 12.8. The van der Waals surface area contributed by atoms with Gasteiger partial charge in [-0.15, -0.1) is 0 Å². The lowest BCUT2D eigenvalue weighted by atomic mass is 9.95. The van der Waals surface area contributed by atoms with E-state index in [1.165, 1.54) is 6.07 Å². The number of nitrogens with one attached hydrogen (secondary N) is 1. The van der Waals surface area contributed by atoms with Gasteiger partial charge >= 0.3 is 6.09 Å². The van der Waals surface area contributed by atoms with Crippen LogP contribution in [0.25, 0.3) is 0 Å². The predicted molar refractivity (Wildman–Crippen MR) is 80.0 cm³/mol. The van der Waals surface area contributed by atoms with Gasteiger partial charge in [0.1, 0.15) is 11.4 Å². The molecule has 4 N–H and O–H groups in total. The maximum Gasteiger partial charge on any atom is 0.412 e. The van der Waals surface area contributed by atoms with Crippen molar-refractivity contribution in [2.24, 2.45) is 5.73 Å². The van der Waals surface area contributed by atoms with Crippen LogP contribution in [0.1, 0.15) is 45.6 Å². The monoisotopic (exact) mass is 280 g/mol. The standard InChI is InChI=1S/C15H24N2O3/c1-10(8-9-16)11-6-5-7-12(18)13(11)17-14(19)20-15(2,3)4/h5-7,10,18H,8-9,16H2,1-4H3,(H,17,19). The van der Waals surface area contributed by atoms with Crippen LogP contribution in [0.4, 0.5) is 10.5 Å². The van der Waals surface area contributed by atoms with Gasteiger partial charge in [-0.2, -0.15) is 0 Å². The lowest BCUT2D eigenvalue weighted by Crippen LogP contribution is -2.27. The number of carbonyl (C=O) groups excluding carboxylic acids is 1.